The molecule has 27 heavy (non-hydrogen) atoms. The first kappa shape index (κ1) is 26.7. The van der Waals surface area contributed by atoms with Crippen LogP contribution in [0.2, 0.25) is 0 Å². The van der Waals surface area contributed by atoms with E-state index < -0.39 is 12.2 Å². The Labute approximate surface area is 170 Å². The number of allylic oxidation sites excluding steroid dienone is 2. The van der Waals surface area contributed by atoms with E-state index in [1.807, 2.05) is 0 Å². The third-order valence-electron chi connectivity index (χ3n) is 5.57. The average molecular weight is 383 g/mol. The van der Waals surface area contributed by atoms with E-state index in [0.29, 0.717) is 0 Å². The maximum absolute atomic E-state index is 9.52. The first-order chi connectivity index (χ1) is 13.2. The average Bonchev–Trinajstić information content (AvgIpc) is 2.66. The summed E-state index contributed by atoms with van der Waals surface area (Å²) in [5.74, 6) is 0. The monoisotopic (exact) mass is 382 g/mol. The predicted octanol–water partition coefficient (Wildman–Crippen LogP) is 7.72. The van der Waals surface area contributed by atoms with Crippen LogP contribution in [0, 0.1) is 0 Å². The highest BCUT2D eigenvalue weighted by molar-refractivity contribution is 4.81. The third kappa shape index (κ3) is 21.8. The van der Waals surface area contributed by atoms with Gasteiger partial charge in [0.05, 0.1) is 12.2 Å². The van der Waals surface area contributed by atoms with Crippen LogP contribution in [0.3, 0.4) is 0 Å². The van der Waals surface area contributed by atoms with Crippen LogP contribution < -0.4 is 0 Å². The number of hydrogen-bond acceptors (Lipinski definition) is 2. The van der Waals surface area contributed by atoms with Gasteiger partial charge in [-0.15, -0.1) is 0 Å². The largest absolute Gasteiger partial charge is 0.391 e. The van der Waals surface area contributed by atoms with Gasteiger partial charge in [0.1, 0.15) is 0 Å². The van der Waals surface area contributed by atoms with Crippen LogP contribution >= 0.6 is 0 Å². The Bertz CT molecular complexity index is 299. The molecule has 2 nitrogen and oxygen atoms in total. The van der Waals surface area contributed by atoms with Gasteiger partial charge in [-0.2, -0.15) is 0 Å². The molecule has 0 aliphatic carbocycles. The summed E-state index contributed by atoms with van der Waals surface area (Å²) in [7, 11) is 0. The van der Waals surface area contributed by atoms with Gasteiger partial charge in [0.25, 0.3) is 0 Å². The SMILES string of the molecule is CCCCCCCC/C=C\CCCCCCCCCCCCC(O)C(C)O. The maximum atomic E-state index is 9.52. The zero-order valence-corrected chi connectivity index (χ0v) is 18.6. The summed E-state index contributed by atoms with van der Waals surface area (Å²) in [6.07, 6.45) is 28.5. The van der Waals surface area contributed by atoms with Crippen LogP contribution in [0.15, 0.2) is 12.2 Å². The van der Waals surface area contributed by atoms with Gasteiger partial charge in [-0.25, -0.2) is 0 Å². The highest BCUT2D eigenvalue weighted by Crippen LogP contribution is 2.13. The van der Waals surface area contributed by atoms with Crippen molar-refractivity contribution in [2.75, 3.05) is 0 Å². The van der Waals surface area contributed by atoms with Gasteiger partial charge in [0, 0.05) is 0 Å². The molecule has 0 heterocycles. The summed E-state index contributed by atoms with van der Waals surface area (Å²) in [5, 5.41) is 18.7. The summed E-state index contributed by atoms with van der Waals surface area (Å²) in [5.41, 5.74) is 0. The van der Waals surface area contributed by atoms with Crippen LogP contribution in [0.5, 0.6) is 0 Å². The second-order valence-corrected chi connectivity index (χ2v) is 8.45. The molecule has 0 bridgehead atoms. The second-order valence-electron chi connectivity index (χ2n) is 8.45. The van der Waals surface area contributed by atoms with Gasteiger partial charge in [-0.1, -0.05) is 109 Å². The van der Waals surface area contributed by atoms with Crippen molar-refractivity contribution in [3.8, 4) is 0 Å². The highest BCUT2D eigenvalue weighted by atomic mass is 16.3. The molecule has 0 radical (unpaired) electrons. The van der Waals surface area contributed by atoms with Crippen LogP contribution in [-0.2, 0) is 0 Å². The molecule has 0 amide bonds. The summed E-state index contributed by atoms with van der Waals surface area (Å²) < 4.78 is 0. The Hall–Kier alpha value is -0.340. The lowest BCUT2D eigenvalue weighted by Crippen LogP contribution is -2.21. The smallest absolute Gasteiger partial charge is 0.0796 e. The number of rotatable bonds is 21. The molecule has 0 aliphatic heterocycles. The van der Waals surface area contributed by atoms with Crippen molar-refractivity contribution in [1.29, 1.82) is 0 Å². The molecule has 0 aliphatic rings. The van der Waals surface area contributed by atoms with E-state index in [4.69, 9.17) is 0 Å². The zero-order chi connectivity index (χ0) is 20.0. The summed E-state index contributed by atoms with van der Waals surface area (Å²) >= 11 is 0. The Morgan fingerprint density at radius 2 is 0.926 bits per heavy atom. The van der Waals surface area contributed by atoms with E-state index in [0.717, 1.165) is 12.8 Å². The molecule has 0 saturated heterocycles. The number of hydrogen-bond donors (Lipinski definition) is 2. The minimum Gasteiger partial charge on any atom is -0.391 e. The van der Waals surface area contributed by atoms with Crippen LogP contribution in [-0.4, -0.2) is 22.4 Å². The summed E-state index contributed by atoms with van der Waals surface area (Å²) in [4.78, 5) is 0. The van der Waals surface area contributed by atoms with Gasteiger partial charge in [0.15, 0.2) is 0 Å². The van der Waals surface area contributed by atoms with Crippen molar-refractivity contribution >= 4 is 0 Å². The lowest BCUT2D eigenvalue weighted by atomic mass is 10.0. The van der Waals surface area contributed by atoms with Gasteiger partial charge >= 0.3 is 0 Å². The topological polar surface area (TPSA) is 40.5 Å². The molecule has 2 heteroatoms. The van der Waals surface area contributed by atoms with E-state index in [1.54, 1.807) is 6.92 Å². The molecular weight excluding hydrogens is 332 g/mol. The van der Waals surface area contributed by atoms with E-state index in [1.165, 1.54) is 109 Å². The lowest BCUT2D eigenvalue weighted by molar-refractivity contribution is 0.0247. The second kappa shape index (κ2) is 22.0. The number of unbranched alkanes of at least 4 members (excludes halogenated alkanes) is 16. The van der Waals surface area contributed by atoms with E-state index in [9.17, 15) is 10.2 Å². The molecule has 0 rings (SSSR count). The van der Waals surface area contributed by atoms with Crippen molar-refractivity contribution in [2.24, 2.45) is 0 Å². The molecular formula is C25H50O2. The Morgan fingerprint density at radius 3 is 1.33 bits per heavy atom. The van der Waals surface area contributed by atoms with Gasteiger partial charge in [0.2, 0.25) is 0 Å². The van der Waals surface area contributed by atoms with E-state index >= 15 is 0 Å². The van der Waals surface area contributed by atoms with Crippen molar-refractivity contribution in [1.82, 2.24) is 0 Å². The lowest BCUT2D eigenvalue weighted by Gasteiger charge is -2.12. The maximum Gasteiger partial charge on any atom is 0.0796 e. The Morgan fingerprint density at radius 1 is 0.556 bits per heavy atom. The number of aliphatic hydroxyl groups excluding tert-OH is 2. The van der Waals surface area contributed by atoms with Crippen LogP contribution in [0.25, 0.3) is 0 Å². The fraction of sp³-hybridized carbons (Fsp3) is 0.920. The minimum absolute atomic E-state index is 0.532. The van der Waals surface area contributed by atoms with Gasteiger partial charge in [-0.05, 0) is 39.0 Å². The van der Waals surface area contributed by atoms with E-state index in [2.05, 4.69) is 19.1 Å². The molecule has 0 saturated carbocycles. The standard InChI is InChI=1S/C25H50O2/c1-3-4-5-6-7-8-9-10-11-12-13-14-15-16-17-18-19-20-21-22-23-25(27)24(2)26/h10-11,24-27H,3-9,12-23H2,1-2H3/b11-10-. The molecule has 0 aromatic heterocycles. The molecule has 0 aromatic carbocycles. The quantitative estimate of drug-likeness (QED) is 0.157. The summed E-state index contributed by atoms with van der Waals surface area (Å²) in [6.45, 7) is 3.94. The van der Waals surface area contributed by atoms with Gasteiger partial charge in [-0.3, -0.25) is 0 Å². The highest BCUT2D eigenvalue weighted by Gasteiger charge is 2.09. The van der Waals surface area contributed by atoms with Crippen molar-refractivity contribution < 1.29 is 10.2 Å². The number of aliphatic hydroxyl groups is 2. The first-order valence-corrected chi connectivity index (χ1v) is 12.2. The Kier molecular flexibility index (Phi) is 21.7. The fourth-order valence-electron chi connectivity index (χ4n) is 3.55. The Balaban J connectivity index is 3.11. The molecule has 2 atom stereocenters. The third-order valence-corrected chi connectivity index (χ3v) is 5.57. The summed E-state index contributed by atoms with van der Waals surface area (Å²) in [6, 6.07) is 0. The first-order valence-electron chi connectivity index (χ1n) is 12.2. The fourth-order valence-corrected chi connectivity index (χ4v) is 3.55. The predicted molar refractivity (Wildman–Crippen MR) is 120 cm³/mol. The molecule has 0 aromatic rings. The minimum atomic E-state index is -0.583. The van der Waals surface area contributed by atoms with Crippen molar-refractivity contribution in [2.45, 2.75) is 148 Å². The zero-order valence-electron chi connectivity index (χ0n) is 18.6. The molecule has 0 spiro atoms. The van der Waals surface area contributed by atoms with Gasteiger partial charge < -0.3 is 10.2 Å². The van der Waals surface area contributed by atoms with E-state index in [-0.39, 0.29) is 0 Å². The normalized spacial score (nSPS) is 14.1. The molecule has 2 unspecified atom stereocenters. The molecule has 2 N–H and O–H groups in total. The van der Waals surface area contributed by atoms with Crippen molar-refractivity contribution in [3.63, 3.8) is 0 Å². The van der Waals surface area contributed by atoms with Crippen molar-refractivity contribution in [3.05, 3.63) is 12.2 Å². The molecule has 162 valence electrons. The molecule has 0 fully saturated rings. The van der Waals surface area contributed by atoms with Crippen LogP contribution in [0.4, 0.5) is 0 Å². The van der Waals surface area contributed by atoms with Crippen LogP contribution in [0.1, 0.15) is 136 Å².